The molecule has 3 heteroatoms. The van der Waals surface area contributed by atoms with Gasteiger partial charge in [0.1, 0.15) is 16.9 Å². The van der Waals surface area contributed by atoms with E-state index in [1.165, 1.54) is 0 Å². The van der Waals surface area contributed by atoms with Gasteiger partial charge in [-0.1, -0.05) is 29.8 Å². The molecule has 0 saturated heterocycles. The summed E-state index contributed by atoms with van der Waals surface area (Å²) in [5.41, 5.74) is 1.60. The molecule has 2 nitrogen and oxygen atoms in total. The van der Waals surface area contributed by atoms with E-state index in [4.69, 9.17) is 20.8 Å². The Morgan fingerprint density at radius 2 is 1.94 bits per heavy atom. The Morgan fingerprint density at radius 1 is 1.12 bits per heavy atom. The summed E-state index contributed by atoms with van der Waals surface area (Å²) in [6.07, 6.45) is 0. The minimum absolute atomic E-state index is 0.652. The van der Waals surface area contributed by atoms with Crippen LogP contribution in [0.3, 0.4) is 0 Å². The molecule has 2 aromatic carbocycles. The SMILES string of the molecule is COc1cc(Cl)c2c(c1)oc1ccccc12. The van der Waals surface area contributed by atoms with Crippen LogP contribution >= 0.6 is 11.6 Å². The van der Waals surface area contributed by atoms with Crippen LogP contribution in [0.1, 0.15) is 0 Å². The van der Waals surface area contributed by atoms with Crippen LogP contribution < -0.4 is 4.74 Å². The highest BCUT2D eigenvalue weighted by Gasteiger charge is 2.11. The molecule has 0 unspecified atom stereocenters. The number of rotatable bonds is 1. The first kappa shape index (κ1) is 9.55. The molecule has 0 aliphatic carbocycles. The van der Waals surface area contributed by atoms with Gasteiger partial charge in [0.05, 0.1) is 12.1 Å². The van der Waals surface area contributed by atoms with Gasteiger partial charge in [-0.05, 0) is 12.1 Å². The first-order chi connectivity index (χ1) is 7.79. The molecule has 0 bridgehead atoms. The fraction of sp³-hybridized carbons (Fsp3) is 0.0769. The first-order valence-electron chi connectivity index (χ1n) is 4.94. The Balaban J connectivity index is 2.50. The summed E-state index contributed by atoms with van der Waals surface area (Å²) in [4.78, 5) is 0. The van der Waals surface area contributed by atoms with E-state index in [1.807, 2.05) is 30.3 Å². The van der Waals surface area contributed by atoms with Crippen molar-refractivity contribution in [3.05, 3.63) is 41.4 Å². The van der Waals surface area contributed by atoms with E-state index < -0.39 is 0 Å². The number of hydrogen-bond donors (Lipinski definition) is 0. The number of halogens is 1. The molecule has 80 valence electrons. The second kappa shape index (κ2) is 3.42. The number of methoxy groups -OCH3 is 1. The zero-order chi connectivity index (χ0) is 11.1. The molecule has 0 radical (unpaired) electrons. The summed E-state index contributed by atoms with van der Waals surface area (Å²) in [7, 11) is 1.61. The van der Waals surface area contributed by atoms with E-state index in [0.29, 0.717) is 10.8 Å². The zero-order valence-corrected chi connectivity index (χ0v) is 9.41. The van der Waals surface area contributed by atoms with Crippen molar-refractivity contribution in [1.82, 2.24) is 0 Å². The minimum Gasteiger partial charge on any atom is -0.497 e. The molecule has 0 saturated carbocycles. The van der Waals surface area contributed by atoms with E-state index in [2.05, 4.69) is 0 Å². The number of benzene rings is 2. The van der Waals surface area contributed by atoms with E-state index in [1.54, 1.807) is 13.2 Å². The van der Waals surface area contributed by atoms with E-state index in [0.717, 1.165) is 21.9 Å². The van der Waals surface area contributed by atoms with Crippen LogP contribution in [0.2, 0.25) is 5.02 Å². The van der Waals surface area contributed by atoms with Crippen molar-refractivity contribution in [2.45, 2.75) is 0 Å². The minimum atomic E-state index is 0.652. The van der Waals surface area contributed by atoms with E-state index >= 15 is 0 Å². The molecule has 1 heterocycles. The smallest absolute Gasteiger partial charge is 0.140 e. The van der Waals surface area contributed by atoms with E-state index in [9.17, 15) is 0 Å². The number of furan rings is 1. The summed E-state index contributed by atoms with van der Waals surface area (Å²) >= 11 is 6.22. The molecule has 0 aliphatic heterocycles. The van der Waals surface area contributed by atoms with Gasteiger partial charge in [-0.2, -0.15) is 0 Å². The van der Waals surface area contributed by atoms with Gasteiger partial charge in [0.25, 0.3) is 0 Å². The van der Waals surface area contributed by atoms with Crippen molar-refractivity contribution in [2.75, 3.05) is 7.11 Å². The van der Waals surface area contributed by atoms with Crippen LogP contribution in [0.25, 0.3) is 21.9 Å². The molecular formula is C13H9ClO2. The number of ether oxygens (including phenoxy) is 1. The highest BCUT2D eigenvalue weighted by atomic mass is 35.5. The first-order valence-corrected chi connectivity index (χ1v) is 5.32. The summed E-state index contributed by atoms with van der Waals surface area (Å²) in [5.74, 6) is 0.705. The number of fused-ring (bicyclic) bond motifs is 3. The van der Waals surface area contributed by atoms with Gasteiger partial charge < -0.3 is 9.15 Å². The van der Waals surface area contributed by atoms with Crippen LogP contribution in [-0.4, -0.2) is 7.11 Å². The fourth-order valence-corrected chi connectivity index (χ4v) is 2.20. The van der Waals surface area contributed by atoms with E-state index in [-0.39, 0.29) is 0 Å². The van der Waals surface area contributed by atoms with Gasteiger partial charge in [0.15, 0.2) is 0 Å². The third kappa shape index (κ3) is 1.27. The Hall–Kier alpha value is -1.67. The lowest BCUT2D eigenvalue weighted by Gasteiger charge is -2.00. The summed E-state index contributed by atoms with van der Waals surface area (Å²) in [6, 6.07) is 11.5. The lowest BCUT2D eigenvalue weighted by molar-refractivity contribution is 0.414. The van der Waals surface area contributed by atoms with Gasteiger partial charge >= 0.3 is 0 Å². The molecule has 0 spiro atoms. The molecule has 0 aliphatic rings. The van der Waals surface area contributed by atoms with Crippen molar-refractivity contribution < 1.29 is 9.15 Å². The fourth-order valence-electron chi connectivity index (χ4n) is 1.90. The summed E-state index contributed by atoms with van der Waals surface area (Å²) in [6.45, 7) is 0. The molecule has 16 heavy (non-hydrogen) atoms. The molecule has 0 fully saturated rings. The second-order valence-corrected chi connectivity index (χ2v) is 3.99. The lowest BCUT2D eigenvalue weighted by Crippen LogP contribution is -1.81. The van der Waals surface area contributed by atoms with Gasteiger partial charge in [-0.3, -0.25) is 0 Å². The summed E-state index contributed by atoms with van der Waals surface area (Å²) in [5, 5.41) is 2.63. The summed E-state index contributed by atoms with van der Waals surface area (Å²) < 4.78 is 10.9. The molecule has 3 rings (SSSR count). The van der Waals surface area contributed by atoms with Crippen LogP contribution in [0, 0.1) is 0 Å². The quantitative estimate of drug-likeness (QED) is 0.626. The van der Waals surface area contributed by atoms with Gasteiger partial charge in [-0.15, -0.1) is 0 Å². The number of para-hydroxylation sites is 1. The zero-order valence-electron chi connectivity index (χ0n) is 8.66. The van der Waals surface area contributed by atoms with Crippen molar-refractivity contribution in [1.29, 1.82) is 0 Å². The Kier molecular flexibility index (Phi) is 2.04. The van der Waals surface area contributed by atoms with Gasteiger partial charge in [-0.25, -0.2) is 0 Å². The molecule has 0 atom stereocenters. The van der Waals surface area contributed by atoms with Crippen LogP contribution in [-0.2, 0) is 0 Å². The van der Waals surface area contributed by atoms with Crippen molar-refractivity contribution in [3.8, 4) is 5.75 Å². The molecule has 1 aromatic heterocycles. The molecule has 0 amide bonds. The maximum absolute atomic E-state index is 6.22. The standard InChI is InChI=1S/C13H9ClO2/c1-15-8-6-10(14)13-9-4-2-3-5-11(9)16-12(13)7-8/h2-7H,1H3. The van der Waals surface area contributed by atoms with Crippen molar-refractivity contribution >= 4 is 33.5 Å². The lowest BCUT2D eigenvalue weighted by atomic mass is 10.1. The van der Waals surface area contributed by atoms with Crippen molar-refractivity contribution in [3.63, 3.8) is 0 Å². The average molecular weight is 233 g/mol. The third-order valence-electron chi connectivity index (χ3n) is 2.64. The maximum Gasteiger partial charge on any atom is 0.140 e. The monoisotopic (exact) mass is 232 g/mol. The second-order valence-electron chi connectivity index (χ2n) is 3.58. The van der Waals surface area contributed by atoms with Gasteiger partial charge in [0, 0.05) is 16.8 Å². The Labute approximate surface area is 97.4 Å². The topological polar surface area (TPSA) is 22.4 Å². The predicted octanol–water partition coefficient (Wildman–Crippen LogP) is 4.25. The average Bonchev–Trinajstić information content (AvgIpc) is 2.67. The maximum atomic E-state index is 6.22. The third-order valence-corrected chi connectivity index (χ3v) is 2.94. The molecule has 0 N–H and O–H groups in total. The normalized spacial score (nSPS) is 11.1. The highest BCUT2D eigenvalue weighted by Crippen LogP contribution is 2.36. The van der Waals surface area contributed by atoms with Gasteiger partial charge in [0.2, 0.25) is 0 Å². The van der Waals surface area contributed by atoms with Crippen LogP contribution in [0.4, 0.5) is 0 Å². The highest BCUT2D eigenvalue weighted by molar-refractivity contribution is 6.37. The predicted molar refractivity (Wildman–Crippen MR) is 65.3 cm³/mol. The van der Waals surface area contributed by atoms with Crippen molar-refractivity contribution in [2.24, 2.45) is 0 Å². The van der Waals surface area contributed by atoms with Crippen LogP contribution in [0.15, 0.2) is 40.8 Å². The molecular weight excluding hydrogens is 224 g/mol. The Bertz CT molecular complexity index is 670. The number of hydrogen-bond acceptors (Lipinski definition) is 2. The largest absolute Gasteiger partial charge is 0.497 e. The van der Waals surface area contributed by atoms with Crippen LogP contribution in [0.5, 0.6) is 5.75 Å². The Morgan fingerprint density at radius 3 is 2.75 bits per heavy atom. The molecule has 3 aromatic rings.